The van der Waals surface area contributed by atoms with Gasteiger partial charge in [-0.1, -0.05) is 36.4 Å². The number of aliphatic hydroxyl groups is 2. The summed E-state index contributed by atoms with van der Waals surface area (Å²) in [5.74, 6) is -8.28. The molecule has 0 bridgehead atoms. The lowest BCUT2D eigenvalue weighted by Gasteiger charge is -2.29. The zero-order valence-corrected chi connectivity index (χ0v) is 32.6. The Balaban J connectivity index is 1.21. The van der Waals surface area contributed by atoms with Crippen LogP contribution in [0.25, 0.3) is 12.2 Å². The van der Waals surface area contributed by atoms with Gasteiger partial charge in [0.05, 0.1) is 17.0 Å². The number of carbonyl (C=O) groups is 4. The number of esters is 2. The van der Waals surface area contributed by atoms with Crippen LogP contribution in [0.3, 0.4) is 0 Å². The number of ether oxygens (including phenoxy) is 4. The molecular formula is C45H36F6N2O10. The van der Waals surface area contributed by atoms with Crippen molar-refractivity contribution in [1.82, 2.24) is 0 Å². The summed E-state index contributed by atoms with van der Waals surface area (Å²) in [5.41, 5.74) is 13.2. The molecule has 0 fully saturated rings. The third kappa shape index (κ3) is 14.3. The molecule has 0 aliphatic carbocycles. The zero-order valence-electron chi connectivity index (χ0n) is 32.6. The minimum absolute atomic E-state index is 0.0319. The van der Waals surface area contributed by atoms with Crippen molar-refractivity contribution in [2.24, 2.45) is 0 Å². The highest BCUT2D eigenvalue weighted by atomic mass is 19.4. The smallest absolute Gasteiger partial charge is 0.422 e. The molecule has 0 spiro atoms. The number of anilines is 2. The number of hydrogen-bond donors (Lipinski definition) is 4. The second-order valence-electron chi connectivity index (χ2n) is 13.7. The number of halogens is 6. The number of ketones is 2. The summed E-state index contributed by atoms with van der Waals surface area (Å²) in [7, 11) is 0. The second kappa shape index (κ2) is 20.0. The largest absolute Gasteiger partial charge is 0.484 e. The fraction of sp³-hybridized carbons (Fsp3) is 0.156. The zero-order chi connectivity index (χ0) is 46.0. The van der Waals surface area contributed by atoms with E-state index in [2.05, 4.69) is 9.47 Å². The van der Waals surface area contributed by atoms with E-state index in [1.165, 1.54) is 127 Å². The van der Waals surface area contributed by atoms with E-state index >= 15 is 0 Å². The molecule has 6 N–H and O–H groups in total. The van der Waals surface area contributed by atoms with Crippen LogP contribution in [0.4, 0.5) is 37.7 Å². The Morgan fingerprint density at radius 2 is 0.937 bits per heavy atom. The summed E-state index contributed by atoms with van der Waals surface area (Å²) in [6.45, 7) is -2.97. The van der Waals surface area contributed by atoms with Gasteiger partial charge in [-0.3, -0.25) is 9.59 Å². The van der Waals surface area contributed by atoms with Crippen LogP contribution in [0.15, 0.2) is 127 Å². The molecular weight excluding hydrogens is 842 g/mol. The van der Waals surface area contributed by atoms with Gasteiger partial charge in [-0.2, -0.15) is 26.3 Å². The Bertz CT molecular complexity index is 2450. The number of alkyl halides is 6. The third-order valence-corrected chi connectivity index (χ3v) is 8.71. The van der Waals surface area contributed by atoms with Crippen molar-refractivity contribution < 1.29 is 74.7 Å². The lowest BCUT2D eigenvalue weighted by molar-refractivity contribution is -0.187. The number of hydrogen-bond acceptors (Lipinski definition) is 12. The van der Waals surface area contributed by atoms with E-state index in [9.17, 15) is 55.7 Å². The van der Waals surface area contributed by atoms with E-state index in [0.717, 1.165) is 12.2 Å². The summed E-state index contributed by atoms with van der Waals surface area (Å²) in [6.07, 6.45) is -5.04. The lowest BCUT2D eigenvalue weighted by atomic mass is 9.83. The molecule has 0 radical (unpaired) electrons. The Labute approximate surface area is 354 Å². The van der Waals surface area contributed by atoms with E-state index in [-0.39, 0.29) is 51.1 Å². The van der Waals surface area contributed by atoms with Crippen molar-refractivity contribution in [2.75, 3.05) is 24.7 Å². The molecule has 1 unspecified atom stereocenters. The standard InChI is InChI=1S/C45H36F6N2O10/c46-43(47,48)25-60-35-12-16-37(17-13-35)62-41(56)29-7-1-27(2-8-29)5-11-34(54)24-39(31-21-32(52)23-33(53)22-31)45(58,59)40(55)20-6-28-3-9-30(10-4-28)42(57)63-38-18-14-36(15-19-38)61-26-44(49,50)51/h1-23,39,58-59H,24-26,52-53H2/b11-5+,20-6+. The molecule has 5 aromatic carbocycles. The first-order valence-corrected chi connectivity index (χ1v) is 18.4. The molecule has 0 saturated carbocycles. The highest BCUT2D eigenvalue weighted by molar-refractivity contribution is 6.01. The Morgan fingerprint density at radius 1 is 0.556 bits per heavy atom. The average Bonchev–Trinajstić information content (AvgIpc) is 3.22. The molecule has 1 atom stereocenters. The predicted molar refractivity (Wildman–Crippen MR) is 217 cm³/mol. The van der Waals surface area contributed by atoms with Gasteiger partial charge in [0, 0.05) is 17.8 Å². The molecule has 0 aromatic heterocycles. The Kier molecular flexibility index (Phi) is 14.8. The van der Waals surface area contributed by atoms with Crippen molar-refractivity contribution in [1.29, 1.82) is 0 Å². The summed E-state index contributed by atoms with van der Waals surface area (Å²) in [6, 6.07) is 25.2. The molecule has 0 amide bonds. The number of benzene rings is 5. The SMILES string of the molecule is Nc1cc(N)cc(C(CC(=O)/C=C/c2ccc(C(=O)Oc3ccc(OCC(F)(F)F)cc3)cc2)C(O)(O)C(=O)/C=C/c2ccc(C(=O)Oc3ccc(OCC(F)(F)F)cc3)cc2)c1. The van der Waals surface area contributed by atoms with Crippen molar-refractivity contribution >= 4 is 47.0 Å². The van der Waals surface area contributed by atoms with Crippen molar-refractivity contribution in [3.05, 3.63) is 155 Å². The van der Waals surface area contributed by atoms with Crippen LogP contribution < -0.4 is 30.4 Å². The predicted octanol–water partition coefficient (Wildman–Crippen LogP) is 7.89. The number of rotatable bonds is 17. The number of allylic oxidation sites excluding steroid dienone is 1. The van der Waals surface area contributed by atoms with Gasteiger partial charge in [0.1, 0.15) is 23.0 Å². The van der Waals surface area contributed by atoms with Gasteiger partial charge >= 0.3 is 24.3 Å². The van der Waals surface area contributed by atoms with Crippen LogP contribution in [0.5, 0.6) is 23.0 Å². The number of nitrogen functional groups attached to an aromatic ring is 2. The first-order valence-electron chi connectivity index (χ1n) is 18.4. The van der Waals surface area contributed by atoms with Gasteiger partial charge in [0.15, 0.2) is 19.0 Å². The average molecular weight is 879 g/mol. The fourth-order valence-electron chi connectivity index (χ4n) is 5.65. The number of carbonyl (C=O) groups excluding carboxylic acids is 4. The molecule has 0 aliphatic rings. The van der Waals surface area contributed by atoms with E-state index in [4.69, 9.17) is 20.9 Å². The Morgan fingerprint density at radius 3 is 1.33 bits per heavy atom. The van der Waals surface area contributed by atoms with Crippen LogP contribution in [-0.2, 0) is 9.59 Å². The summed E-state index contributed by atoms with van der Waals surface area (Å²) >= 11 is 0. The molecule has 0 heterocycles. The van der Waals surface area contributed by atoms with Crippen LogP contribution in [0.1, 0.15) is 49.7 Å². The van der Waals surface area contributed by atoms with E-state index in [0.29, 0.717) is 11.1 Å². The monoisotopic (exact) mass is 878 g/mol. The molecule has 328 valence electrons. The maximum atomic E-state index is 13.4. The van der Waals surface area contributed by atoms with Gasteiger partial charge in [0.2, 0.25) is 11.6 Å². The highest BCUT2D eigenvalue weighted by Crippen LogP contribution is 2.34. The van der Waals surface area contributed by atoms with Crippen molar-refractivity contribution in [3.63, 3.8) is 0 Å². The maximum Gasteiger partial charge on any atom is 0.422 e. The van der Waals surface area contributed by atoms with Crippen LogP contribution >= 0.6 is 0 Å². The highest BCUT2D eigenvalue weighted by Gasteiger charge is 2.42. The van der Waals surface area contributed by atoms with Crippen LogP contribution in [-0.4, -0.2) is 65.1 Å². The molecule has 0 saturated heterocycles. The van der Waals surface area contributed by atoms with Gasteiger partial charge in [-0.25, -0.2) is 9.59 Å². The topological polar surface area (TPSA) is 198 Å². The molecule has 5 rings (SSSR count). The van der Waals surface area contributed by atoms with Crippen molar-refractivity contribution in [3.8, 4) is 23.0 Å². The maximum absolute atomic E-state index is 13.4. The van der Waals surface area contributed by atoms with Gasteiger partial charge in [0.25, 0.3) is 0 Å². The molecule has 12 nitrogen and oxygen atoms in total. The molecule has 5 aromatic rings. The van der Waals surface area contributed by atoms with E-state index < -0.39 is 67.2 Å². The van der Waals surface area contributed by atoms with Gasteiger partial charge < -0.3 is 40.6 Å². The van der Waals surface area contributed by atoms with E-state index in [1.54, 1.807) is 0 Å². The first kappa shape index (κ1) is 46.6. The lowest BCUT2D eigenvalue weighted by Crippen LogP contribution is -2.44. The Hall–Kier alpha value is -7.44. The van der Waals surface area contributed by atoms with Crippen LogP contribution in [0.2, 0.25) is 0 Å². The minimum Gasteiger partial charge on any atom is -0.484 e. The fourth-order valence-corrected chi connectivity index (χ4v) is 5.65. The summed E-state index contributed by atoms with van der Waals surface area (Å²) in [4.78, 5) is 51.9. The minimum atomic E-state index is -4.52. The van der Waals surface area contributed by atoms with E-state index in [1.807, 2.05) is 0 Å². The van der Waals surface area contributed by atoms with Crippen molar-refractivity contribution in [2.45, 2.75) is 30.5 Å². The summed E-state index contributed by atoms with van der Waals surface area (Å²) in [5, 5.41) is 22.5. The first-order chi connectivity index (χ1) is 29.6. The molecule has 0 aliphatic heterocycles. The summed E-state index contributed by atoms with van der Waals surface area (Å²) < 4.78 is 94.1. The quantitative estimate of drug-likeness (QED) is 0.0176. The van der Waals surface area contributed by atoms with Gasteiger partial charge in [-0.15, -0.1) is 0 Å². The normalized spacial score (nSPS) is 12.5. The molecule has 63 heavy (non-hydrogen) atoms. The molecule has 18 heteroatoms. The number of nitrogens with two attached hydrogens (primary N) is 2. The second-order valence-corrected chi connectivity index (χ2v) is 13.7. The van der Waals surface area contributed by atoms with Crippen LogP contribution in [0, 0.1) is 0 Å². The van der Waals surface area contributed by atoms with Gasteiger partial charge in [-0.05, 0) is 120 Å². The third-order valence-electron chi connectivity index (χ3n) is 8.71.